The monoisotopic (exact) mass is 461 g/mol. The summed E-state index contributed by atoms with van der Waals surface area (Å²) in [6.07, 6.45) is 0.351. The smallest absolute Gasteiger partial charge is 0.333 e. The maximum Gasteiger partial charge on any atom is 0.333 e. The molecule has 0 radical (unpaired) electrons. The molecule has 0 aromatic heterocycles. The van der Waals surface area contributed by atoms with Gasteiger partial charge in [0.15, 0.2) is 23.4 Å². The highest BCUT2D eigenvalue weighted by Crippen LogP contribution is 2.34. The summed E-state index contributed by atoms with van der Waals surface area (Å²) >= 11 is 0. The SMILES string of the molecule is CCOC(=O)C(Nc1ccc(/C(N)=N/O)cc1)c1cc(OCC)cc(O[C@@H]2CCOC2)c1F. The number of oxime groups is 1. The molecule has 0 spiro atoms. The molecule has 1 saturated heterocycles. The van der Waals surface area contributed by atoms with Gasteiger partial charge in [0.25, 0.3) is 0 Å². The van der Waals surface area contributed by atoms with Gasteiger partial charge < -0.3 is 35.2 Å². The normalized spacial score (nSPS) is 16.8. The zero-order valence-electron chi connectivity index (χ0n) is 18.5. The Morgan fingerprint density at radius 1 is 1.30 bits per heavy atom. The molecular formula is C23H28FN3O6. The van der Waals surface area contributed by atoms with Crippen molar-refractivity contribution in [3.05, 3.63) is 53.3 Å². The number of ether oxygens (including phenoxy) is 4. The number of amidine groups is 1. The minimum absolute atomic E-state index is 0.0221. The molecule has 178 valence electrons. The van der Waals surface area contributed by atoms with E-state index in [1.54, 1.807) is 38.1 Å². The Morgan fingerprint density at radius 2 is 2.06 bits per heavy atom. The lowest BCUT2D eigenvalue weighted by Gasteiger charge is -2.22. The van der Waals surface area contributed by atoms with Crippen molar-refractivity contribution < 1.29 is 33.3 Å². The molecular weight excluding hydrogens is 433 g/mol. The first kappa shape index (κ1) is 24.1. The molecule has 33 heavy (non-hydrogen) atoms. The predicted octanol–water partition coefficient (Wildman–Crippen LogP) is 3.20. The molecule has 3 rings (SSSR count). The first-order chi connectivity index (χ1) is 16.0. The molecule has 2 aromatic rings. The van der Waals surface area contributed by atoms with Crippen molar-refractivity contribution in [2.45, 2.75) is 32.4 Å². The minimum Gasteiger partial charge on any atom is -0.494 e. The molecule has 0 bridgehead atoms. The zero-order chi connectivity index (χ0) is 23.8. The van der Waals surface area contributed by atoms with Gasteiger partial charge >= 0.3 is 5.97 Å². The highest BCUT2D eigenvalue weighted by Gasteiger charge is 2.29. The van der Waals surface area contributed by atoms with Crippen molar-refractivity contribution in [1.29, 1.82) is 0 Å². The summed E-state index contributed by atoms with van der Waals surface area (Å²) in [6.45, 7) is 4.85. The quantitative estimate of drug-likeness (QED) is 0.162. The number of nitrogens with zero attached hydrogens (tertiary/aromatic N) is 1. The summed E-state index contributed by atoms with van der Waals surface area (Å²) in [7, 11) is 0. The van der Waals surface area contributed by atoms with Crippen molar-refractivity contribution in [2.24, 2.45) is 10.9 Å². The van der Waals surface area contributed by atoms with Crippen LogP contribution in [0.1, 0.15) is 37.4 Å². The van der Waals surface area contributed by atoms with Crippen LogP contribution in [0.3, 0.4) is 0 Å². The van der Waals surface area contributed by atoms with E-state index in [-0.39, 0.29) is 29.9 Å². The van der Waals surface area contributed by atoms with Gasteiger partial charge in [-0.3, -0.25) is 0 Å². The number of esters is 1. The zero-order valence-corrected chi connectivity index (χ0v) is 18.5. The van der Waals surface area contributed by atoms with Crippen LogP contribution in [-0.4, -0.2) is 49.5 Å². The maximum atomic E-state index is 15.6. The number of anilines is 1. The Bertz CT molecular complexity index is 977. The highest BCUT2D eigenvalue weighted by atomic mass is 19.1. The number of carbonyl (C=O) groups excluding carboxylic acids is 1. The van der Waals surface area contributed by atoms with Gasteiger partial charge in [0.05, 0.1) is 26.4 Å². The van der Waals surface area contributed by atoms with E-state index in [9.17, 15) is 4.79 Å². The first-order valence-corrected chi connectivity index (χ1v) is 10.7. The van der Waals surface area contributed by atoms with Crippen molar-refractivity contribution in [3.8, 4) is 11.5 Å². The molecule has 1 heterocycles. The summed E-state index contributed by atoms with van der Waals surface area (Å²) < 4.78 is 37.5. The second-order valence-corrected chi connectivity index (χ2v) is 7.25. The Kier molecular flexibility index (Phi) is 8.31. The third-order valence-electron chi connectivity index (χ3n) is 4.97. The third kappa shape index (κ3) is 6.04. The second kappa shape index (κ2) is 11.4. The van der Waals surface area contributed by atoms with Gasteiger partial charge in [0.1, 0.15) is 11.9 Å². The lowest BCUT2D eigenvalue weighted by Crippen LogP contribution is -2.25. The molecule has 1 fully saturated rings. The van der Waals surface area contributed by atoms with Crippen LogP contribution in [0.5, 0.6) is 11.5 Å². The topological polar surface area (TPSA) is 125 Å². The van der Waals surface area contributed by atoms with Gasteiger partial charge in [0.2, 0.25) is 0 Å². The van der Waals surface area contributed by atoms with E-state index >= 15 is 4.39 Å². The van der Waals surface area contributed by atoms with Crippen LogP contribution < -0.4 is 20.5 Å². The number of hydrogen-bond donors (Lipinski definition) is 3. The van der Waals surface area contributed by atoms with Crippen molar-refractivity contribution in [3.63, 3.8) is 0 Å². The fourth-order valence-corrected chi connectivity index (χ4v) is 3.38. The minimum atomic E-state index is -1.18. The van der Waals surface area contributed by atoms with E-state index in [0.29, 0.717) is 43.2 Å². The Hall–Kier alpha value is -3.53. The van der Waals surface area contributed by atoms with Gasteiger partial charge in [-0.05, 0) is 44.2 Å². The lowest BCUT2D eigenvalue weighted by atomic mass is 10.0. The maximum absolute atomic E-state index is 15.6. The average Bonchev–Trinajstić information content (AvgIpc) is 3.33. The van der Waals surface area contributed by atoms with E-state index in [1.807, 2.05) is 0 Å². The molecule has 0 saturated carbocycles. The number of halogens is 1. The molecule has 9 nitrogen and oxygen atoms in total. The lowest BCUT2D eigenvalue weighted by molar-refractivity contribution is -0.144. The summed E-state index contributed by atoms with van der Waals surface area (Å²) in [6, 6.07) is 8.18. The van der Waals surface area contributed by atoms with E-state index in [4.69, 9.17) is 29.9 Å². The number of nitrogens with two attached hydrogens (primary N) is 1. The molecule has 2 aromatic carbocycles. The summed E-state index contributed by atoms with van der Waals surface area (Å²) in [5.41, 5.74) is 6.59. The summed E-state index contributed by atoms with van der Waals surface area (Å²) in [4.78, 5) is 12.8. The number of benzene rings is 2. The van der Waals surface area contributed by atoms with Crippen molar-refractivity contribution in [1.82, 2.24) is 0 Å². The van der Waals surface area contributed by atoms with Gasteiger partial charge in [-0.25, -0.2) is 9.18 Å². The van der Waals surface area contributed by atoms with E-state index in [2.05, 4.69) is 10.5 Å². The fraction of sp³-hybridized carbons (Fsp3) is 0.391. The van der Waals surface area contributed by atoms with Crippen LogP contribution in [0.15, 0.2) is 41.6 Å². The van der Waals surface area contributed by atoms with Gasteiger partial charge in [-0.2, -0.15) is 0 Å². The van der Waals surface area contributed by atoms with Crippen LogP contribution in [0.25, 0.3) is 0 Å². The molecule has 10 heteroatoms. The standard InChI is InChI=1S/C23H28FN3O6/c1-3-31-17-11-18(20(24)19(12-17)33-16-9-10-30-13-16)21(23(28)32-4-2)26-15-7-5-14(6-8-15)22(25)27-29/h5-8,11-12,16,21,26,29H,3-4,9-10,13H2,1-2H3,(H2,25,27)/t16-,21?/m1/s1. The third-order valence-corrected chi connectivity index (χ3v) is 4.97. The Balaban J connectivity index is 1.98. The Labute approximate surface area is 191 Å². The van der Waals surface area contributed by atoms with Crippen molar-refractivity contribution >= 4 is 17.5 Å². The van der Waals surface area contributed by atoms with Crippen LogP contribution in [-0.2, 0) is 14.3 Å². The van der Waals surface area contributed by atoms with Crippen molar-refractivity contribution in [2.75, 3.05) is 31.7 Å². The predicted molar refractivity (Wildman–Crippen MR) is 119 cm³/mol. The Morgan fingerprint density at radius 3 is 2.67 bits per heavy atom. The van der Waals surface area contributed by atoms with E-state index < -0.39 is 17.8 Å². The first-order valence-electron chi connectivity index (χ1n) is 10.7. The number of rotatable bonds is 10. The number of hydrogen-bond acceptors (Lipinski definition) is 8. The molecule has 1 aliphatic heterocycles. The molecule has 0 amide bonds. The summed E-state index contributed by atoms with van der Waals surface area (Å²) in [5, 5.41) is 14.8. The molecule has 2 atom stereocenters. The van der Waals surface area contributed by atoms with Crippen LogP contribution in [0.4, 0.5) is 10.1 Å². The van der Waals surface area contributed by atoms with Crippen LogP contribution in [0.2, 0.25) is 0 Å². The number of carbonyl (C=O) groups is 1. The average molecular weight is 461 g/mol. The van der Waals surface area contributed by atoms with Gasteiger partial charge in [-0.1, -0.05) is 5.16 Å². The fourth-order valence-electron chi connectivity index (χ4n) is 3.38. The second-order valence-electron chi connectivity index (χ2n) is 7.25. The van der Waals surface area contributed by atoms with Crippen LogP contribution in [0, 0.1) is 5.82 Å². The molecule has 1 aliphatic rings. The van der Waals surface area contributed by atoms with Gasteiger partial charge in [-0.15, -0.1) is 0 Å². The van der Waals surface area contributed by atoms with Gasteiger partial charge in [0, 0.05) is 29.3 Å². The molecule has 4 N–H and O–H groups in total. The van der Waals surface area contributed by atoms with Crippen LogP contribution >= 0.6 is 0 Å². The largest absolute Gasteiger partial charge is 0.494 e. The molecule has 0 aliphatic carbocycles. The highest BCUT2D eigenvalue weighted by molar-refractivity contribution is 5.97. The van der Waals surface area contributed by atoms with E-state index in [0.717, 1.165) is 0 Å². The van der Waals surface area contributed by atoms with E-state index in [1.165, 1.54) is 12.1 Å². The number of nitrogens with one attached hydrogen (secondary N) is 1. The summed E-state index contributed by atoms with van der Waals surface area (Å²) in [5.74, 6) is -1.08. The molecule has 1 unspecified atom stereocenters.